The molecule has 0 fully saturated rings. The van der Waals surface area contributed by atoms with E-state index in [9.17, 15) is 14.7 Å². The number of nitrogens with zero attached hydrogens (tertiary/aromatic N) is 1. The molecule has 2 rings (SSSR count). The minimum Gasteiger partial charge on any atom is -0.493 e. The molecule has 0 aliphatic carbocycles. The normalized spacial score (nSPS) is 11.0. The van der Waals surface area contributed by atoms with Gasteiger partial charge in [-0.2, -0.15) is 5.26 Å². The maximum Gasteiger partial charge on any atom is 0.342 e. The molecule has 0 bridgehead atoms. The van der Waals surface area contributed by atoms with Crippen LogP contribution in [0.5, 0.6) is 17.2 Å². The van der Waals surface area contributed by atoms with Gasteiger partial charge in [-0.15, -0.1) is 0 Å². The third-order valence-electron chi connectivity index (χ3n) is 4.22. The molecule has 158 valence electrons. The van der Waals surface area contributed by atoms with Gasteiger partial charge in [-0.3, -0.25) is 0 Å². The Morgan fingerprint density at radius 3 is 2.20 bits per heavy atom. The van der Waals surface area contributed by atoms with Crippen LogP contribution >= 0.6 is 0 Å². The average Bonchev–Trinajstić information content (AvgIpc) is 2.76. The number of anilines is 1. The smallest absolute Gasteiger partial charge is 0.342 e. The molecule has 2 aromatic carbocycles. The van der Waals surface area contributed by atoms with Crippen molar-refractivity contribution in [2.24, 2.45) is 0 Å². The summed E-state index contributed by atoms with van der Waals surface area (Å²) in [5.41, 5.74) is 0.836. The molecular formula is C21H22N2O7. The molecule has 9 nitrogen and oxygen atoms in total. The number of nitriles is 1. The highest BCUT2D eigenvalue weighted by molar-refractivity contribution is 5.98. The number of ether oxygens (including phenoxy) is 4. The Balaban J connectivity index is 2.70. The Morgan fingerprint density at radius 1 is 1.10 bits per heavy atom. The Hall–Kier alpha value is -3.93. The molecular weight excluding hydrogens is 392 g/mol. The van der Waals surface area contributed by atoms with Crippen LogP contribution in [0.3, 0.4) is 0 Å². The van der Waals surface area contributed by atoms with Crippen LogP contribution < -0.4 is 19.5 Å². The van der Waals surface area contributed by atoms with Crippen molar-refractivity contribution >= 4 is 17.6 Å². The summed E-state index contributed by atoms with van der Waals surface area (Å²) in [7, 11) is 4.08. The first kappa shape index (κ1) is 22.4. The second kappa shape index (κ2) is 10.0. The van der Waals surface area contributed by atoms with Crippen LogP contribution in [0.1, 0.15) is 34.5 Å². The molecule has 0 aromatic heterocycles. The van der Waals surface area contributed by atoms with Crippen LogP contribution in [0.15, 0.2) is 30.3 Å². The van der Waals surface area contributed by atoms with Crippen molar-refractivity contribution in [2.75, 3.05) is 33.3 Å². The lowest BCUT2D eigenvalue weighted by Crippen LogP contribution is -2.24. The number of carboxylic acids is 1. The molecule has 0 amide bonds. The summed E-state index contributed by atoms with van der Waals surface area (Å²) in [6.45, 7) is 1.71. The standard InChI is InChI=1S/C21H22N2O7/c1-5-30-21(26)16-14(10-15(27-2)18(28-3)19(16)29-4)17(20(24)25)23-13-8-6-12(11-22)7-9-13/h6-10,17,23H,5H2,1-4H3,(H,24,25). The Bertz CT molecular complexity index is 965. The van der Waals surface area contributed by atoms with Crippen molar-refractivity contribution in [2.45, 2.75) is 13.0 Å². The lowest BCUT2D eigenvalue weighted by Gasteiger charge is -2.23. The number of methoxy groups -OCH3 is 3. The van der Waals surface area contributed by atoms with Crippen molar-refractivity contribution in [1.82, 2.24) is 0 Å². The topological polar surface area (TPSA) is 127 Å². The van der Waals surface area contributed by atoms with Gasteiger partial charge in [0, 0.05) is 11.3 Å². The van der Waals surface area contributed by atoms with Crippen LogP contribution in [0, 0.1) is 11.3 Å². The zero-order valence-electron chi connectivity index (χ0n) is 17.0. The van der Waals surface area contributed by atoms with Crippen LogP contribution in [-0.4, -0.2) is 45.0 Å². The monoisotopic (exact) mass is 414 g/mol. The number of nitrogens with one attached hydrogen (secondary N) is 1. The van der Waals surface area contributed by atoms with Gasteiger partial charge in [-0.25, -0.2) is 9.59 Å². The van der Waals surface area contributed by atoms with Gasteiger partial charge in [-0.1, -0.05) is 0 Å². The number of carboxylic acid groups (broad SMARTS) is 1. The van der Waals surface area contributed by atoms with Gasteiger partial charge in [0.1, 0.15) is 5.56 Å². The molecule has 0 spiro atoms. The van der Waals surface area contributed by atoms with E-state index in [4.69, 9.17) is 24.2 Å². The number of hydrogen-bond acceptors (Lipinski definition) is 8. The molecule has 2 N–H and O–H groups in total. The summed E-state index contributed by atoms with van der Waals surface area (Å²) < 4.78 is 21.1. The molecule has 2 aromatic rings. The van der Waals surface area contributed by atoms with E-state index in [-0.39, 0.29) is 35.0 Å². The van der Waals surface area contributed by atoms with Crippen molar-refractivity contribution in [1.29, 1.82) is 5.26 Å². The molecule has 9 heteroatoms. The number of benzene rings is 2. The van der Waals surface area contributed by atoms with E-state index in [0.29, 0.717) is 11.3 Å². The molecule has 0 saturated carbocycles. The second-order valence-electron chi connectivity index (χ2n) is 5.93. The van der Waals surface area contributed by atoms with Gasteiger partial charge in [0.15, 0.2) is 17.5 Å². The molecule has 0 saturated heterocycles. The largest absolute Gasteiger partial charge is 0.493 e. The first-order valence-corrected chi connectivity index (χ1v) is 8.91. The van der Waals surface area contributed by atoms with Gasteiger partial charge < -0.3 is 29.4 Å². The minimum absolute atomic E-state index is 0.00169. The molecule has 0 aliphatic rings. The Labute approximate surface area is 173 Å². The first-order chi connectivity index (χ1) is 14.4. The third kappa shape index (κ3) is 4.55. The molecule has 30 heavy (non-hydrogen) atoms. The maximum absolute atomic E-state index is 12.7. The lowest BCUT2D eigenvalue weighted by atomic mass is 9.97. The number of carbonyl (C=O) groups excluding carboxylic acids is 1. The van der Waals surface area contributed by atoms with Crippen molar-refractivity contribution < 1.29 is 33.6 Å². The van der Waals surface area contributed by atoms with Gasteiger partial charge in [0.25, 0.3) is 0 Å². The molecule has 0 radical (unpaired) electrons. The number of aliphatic carboxylic acids is 1. The lowest BCUT2D eigenvalue weighted by molar-refractivity contribution is -0.138. The maximum atomic E-state index is 12.7. The number of hydrogen-bond donors (Lipinski definition) is 2. The molecule has 1 unspecified atom stereocenters. The summed E-state index contributed by atoms with van der Waals surface area (Å²) in [6, 6.07) is 8.25. The summed E-state index contributed by atoms with van der Waals surface area (Å²) in [4.78, 5) is 24.9. The zero-order chi connectivity index (χ0) is 22.3. The SMILES string of the molecule is CCOC(=O)c1c(C(Nc2ccc(C#N)cc2)C(=O)O)cc(OC)c(OC)c1OC. The summed E-state index contributed by atoms with van der Waals surface area (Å²) >= 11 is 0. The third-order valence-corrected chi connectivity index (χ3v) is 4.22. The van der Waals surface area contributed by atoms with E-state index in [1.54, 1.807) is 31.2 Å². The predicted molar refractivity (Wildman–Crippen MR) is 107 cm³/mol. The van der Waals surface area contributed by atoms with E-state index >= 15 is 0 Å². The highest BCUT2D eigenvalue weighted by Gasteiger charge is 2.33. The number of rotatable bonds is 9. The Kier molecular flexibility index (Phi) is 7.47. The molecule has 0 aliphatic heterocycles. The Morgan fingerprint density at radius 2 is 1.73 bits per heavy atom. The first-order valence-electron chi connectivity index (χ1n) is 8.91. The van der Waals surface area contributed by atoms with Crippen molar-refractivity contribution in [3.63, 3.8) is 0 Å². The van der Waals surface area contributed by atoms with E-state index in [1.807, 2.05) is 6.07 Å². The van der Waals surface area contributed by atoms with Crippen molar-refractivity contribution in [3.05, 3.63) is 47.0 Å². The van der Waals surface area contributed by atoms with Crippen LogP contribution in [-0.2, 0) is 9.53 Å². The van der Waals surface area contributed by atoms with Gasteiger partial charge in [0.05, 0.1) is 39.6 Å². The second-order valence-corrected chi connectivity index (χ2v) is 5.93. The summed E-state index contributed by atoms with van der Waals surface area (Å²) in [6.07, 6.45) is 0. The van der Waals surface area contributed by atoms with E-state index in [2.05, 4.69) is 5.32 Å². The van der Waals surface area contributed by atoms with Crippen LogP contribution in [0.25, 0.3) is 0 Å². The minimum atomic E-state index is -1.36. The quantitative estimate of drug-likeness (QED) is 0.595. The fourth-order valence-corrected chi connectivity index (χ4v) is 2.90. The average molecular weight is 414 g/mol. The summed E-state index contributed by atoms with van der Waals surface area (Å²) in [5.74, 6) is -1.70. The molecule has 0 heterocycles. The fraction of sp³-hybridized carbons (Fsp3) is 0.286. The van der Waals surface area contributed by atoms with E-state index in [0.717, 1.165) is 0 Å². The van der Waals surface area contributed by atoms with Crippen LogP contribution in [0.2, 0.25) is 0 Å². The van der Waals surface area contributed by atoms with Gasteiger partial charge in [-0.05, 0) is 37.3 Å². The number of carbonyl (C=O) groups is 2. The molecule has 1 atom stereocenters. The zero-order valence-corrected chi connectivity index (χ0v) is 17.0. The summed E-state index contributed by atoms with van der Waals surface area (Å²) in [5, 5.41) is 21.7. The van der Waals surface area contributed by atoms with E-state index < -0.39 is 18.0 Å². The predicted octanol–water partition coefficient (Wildman–Crippen LogP) is 3.00. The number of esters is 1. The highest BCUT2D eigenvalue weighted by atomic mass is 16.5. The fourth-order valence-electron chi connectivity index (χ4n) is 2.90. The van der Waals surface area contributed by atoms with Gasteiger partial charge in [0.2, 0.25) is 5.75 Å². The van der Waals surface area contributed by atoms with Crippen LogP contribution in [0.4, 0.5) is 5.69 Å². The van der Waals surface area contributed by atoms with Crippen molar-refractivity contribution in [3.8, 4) is 23.3 Å². The highest BCUT2D eigenvalue weighted by Crippen LogP contribution is 2.44. The van der Waals surface area contributed by atoms with E-state index in [1.165, 1.54) is 27.4 Å². The van der Waals surface area contributed by atoms with Gasteiger partial charge >= 0.3 is 11.9 Å².